The normalized spacial score (nSPS) is 12.0. The number of H-pyrrole nitrogens is 1. The van der Waals surface area contributed by atoms with Crippen molar-refractivity contribution in [3.63, 3.8) is 0 Å². The number of benzene rings is 4. The van der Waals surface area contributed by atoms with Gasteiger partial charge in [0.25, 0.3) is 11.8 Å². The maximum absolute atomic E-state index is 13.6. The van der Waals surface area contributed by atoms with E-state index in [-0.39, 0.29) is 16.9 Å². The molecule has 1 aromatic heterocycles. The molecule has 0 aliphatic rings. The molecule has 0 aliphatic heterocycles. The van der Waals surface area contributed by atoms with E-state index >= 15 is 0 Å². The van der Waals surface area contributed by atoms with E-state index in [1.54, 1.807) is 42.6 Å². The smallest absolute Gasteiger partial charge is 0.272 e. The van der Waals surface area contributed by atoms with Crippen LogP contribution in [0.2, 0.25) is 0 Å². The van der Waals surface area contributed by atoms with Crippen LogP contribution in [-0.2, 0) is 9.59 Å². The Morgan fingerprint density at radius 1 is 0.837 bits per heavy atom. The number of thioether (sulfide) groups is 1. The summed E-state index contributed by atoms with van der Waals surface area (Å²) in [6.07, 6.45) is 3.46. The van der Waals surface area contributed by atoms with Gasteiger partial charge < -0.3 is 20.9 Å². The molecule has 0 saturated carbocycles. The third-order valence-electron chi connectivity index (χ3n) is 7.09. The molecule has 7 nitrogen and oxygen atoms in total. The summed E-state index contributed by atoms with van der Waals surface area (Å²) in [4.78, 5) is 43.6. The maximum atomic E-state index is 13.6. The van der Waals surface area contributed by atoms with Crippen molar-refractivity contribution in [1.29, 1.82) is 0 Å². The van der Waals surface area contributed by atoms with Gasteiger partial charge in [-0.15, -0.1) is 11.8 Å². The number of carbonyl (C=O) groups excluding carboxylic acids is 3. The standard InChI is InChI=1S/C35H32N4O3S/c1-22-11-9-18-30(23(22)2)38-33(40)24(3)43-28-15-10-14-27(20-28)37-35(42)32(39-34(41)25-12-5-4-6-13-25)19-26-21-36-31-17-8-7-16-29(26)31/h4-21,24,36H,1-3H3,(H,37,42)(H,38,40)(H,39,41)/b32-19-. The number of hydrogen-bond donors (Lipinski definition) is 4. The van der Waals surface area contributed by atoms with E-state index in [1.807, 2.05) is 87.5 Å². The number of hydrogen-bond acceptors (Lipinski definition) is 4. The molecule has 5 aromatic rings. The Balaban J connectivity index is 1.33. The number of aromatic nitrogens is 1. The lowest BCUT2D eigenvalue weighted by Crippen LogP contribution is -2.30. The van der Waals surface area contributed by atoms with Crippen molar-refractivity contribution >= 4 is 57.8 Å². The van der Waals surface area contributed by atoms with Gasteiger partial charge in [-0.1, -0.05) is 54.6 Å². The first kappa shape index (κ1) is 29.4. The predicted octanol–water partition coefficient (Wildman–Crippen LogP) is 7.31. The molecular weight excluding hydrogens is 556 g/mol. The average molecular weight is 589 g/mol. The summed E-state index contributed by atoms with van der Waals surface area (Å²) in [6.45, 7) is 5.84. The molecule has 0 spiro atoms. The van der Waals surface area contributed by atoms with Gasteiger partial charge in [0.2, 0.25) is 5.91 Å². The zero-order valence-electron chi connectivity index (χ0n) is 24.1. The number of carbonyl (C=O) groups is 3. The molecule has 0 saturated heterocycles. The number of fused-ring (bicyclic) bond motifs is 1. The summed E-state index contributed by atoms with van der Waals surface area (Å²) >= 11 is 1.39. The Bertz CT molecular complexity index is 1830. The van der Waals surface area contributed by atoms with Crippen molar-refractivity contribution in [2.45, 2.75) is 30.9 Å². The highest BCUT2D eigenvalue weighted by Gasteiger charge is 2.18. The summed E-state index contributed by atoms with van der Waals surface area (Å²) in [5, 5.41) is 9.26. The maximum Gasteiger partial charge on any atom is 0.272 e. The van der Waals surface area contributed by atoms with Gasteiger partial charge in [-0.2, -0.15) is 0 Å². The van der Waals surface area contributed by atoms with Crippen LogP contribution in [0.25, 0.3) is 17.0 Å². The zero-order chi connectivity index (χ0) is 30.3. The number of amides is 3. The fourth-order valence-corrected chi connectivity index (χ4v) is 5.46. The van der Waals surface area contributed by atoms with Crippen LogP contribution in [0.5, 0.6) is 0 Å². The number of aryl methyl sites for hydroxylation is 1. The summed E-state index contributed by atoms with van der Waals surface area (Å²) in [7, 11) is 0. The van der Waals surface area contributed by atoms with Crippen molar-refractivity contribution in [2.24, 2.45) is 0 Å². The van der Waals surface area contributed by atoms with Crippen molar-refractivity contribution < 1.29 is 14.4 Å². The summed E-state index contributed by atoms with van der Waals surface area (Å²) in [6, 6.07) is 29.6. The summed E-state index contributed by atoms with van der Waals surface area (Å²) < 4.78 is 0. The molecule has 0 bridgehead atoms. The largest absolute Gasteiger partial charge is 0.361 e. The average Bonchev–Trinajstić information content (AvgIpc) is 3.42. The van der Waals surface area contributed by atoms with Gasteiger partial charge in [-0.05, 0) is 80.4 Å². The number of aromatic amines is 1. The molecule has 0 radical (unpaired) electrons. The minimum atomic E-state index is -0.475. The van der Waals surface area contributed by atoms with E-state index in [1.165, 1.54) is 11.8 Å². The molecule has 0 fully saturated rings. The number of rotatable bonds is 9. The van der Waals surface area contributed by atoms with E-state index < -0.39 is 11.8 Å². The van der Waals surface area contributed by atoms with E-state index in [0.29, 0.717) is 11.3 Å². The molecule has 4 N–H and O–H groups in total. The molecular formula is C35H32N4O3S. The number of anilines is 2. The fraction of sp³-hybridized carbons (Fsp3) is 0.114. The van der Waals surface area contributed by atoms with Crippen molar-refractivity contribution in [3.8, 4) is 0 Å². The van der Waals surface area contributed by atoms with Crippen molar-refractivity contribution in [1.82, 2.24) is 10.3 Å². The van der Waals surface area contributed by atoms with Gasteiger partial charge in [-0.3, -0.25) is 14.4 Å². The Morgan fingerprint density at radius 3 is 2.40 bits per heavy atom. The molecule has 1 atom stereocenters. The Hall–Kier alpha value is -5.08. The second kappa shape index (κ2) is 13.3. The first-order valence-electron chi connectivity index (χ1n) is 13.9. The van der Waals surface area contributed by atoms with E-state index in [9.17, 15) is 14.4 Å². The molecule has 5 rings (SSSR count). The molecule has 216 valence electrons. The highest BCUT2D eigenvalue weighted by Crippen LogP contribution is 2.28. The lowest BCUT2D eigenvalue weighted by molar-refractivity contribution is -0.115. The third-order valence-corrected chi connectivity index (χ3v) is 8.18. The Kier molecular flexibility index (Phi) is 9.08. The zero-order valence-corrected chi connectivity index (χ0v) is 24.9. The predicted molar refractivity (Wildman–Crippen MR) is 175 cm³/mol. The van der Waals surface area contributed by atoms with Crippen LogP contribution in [-0.4, -0.2) is 28.0 Å². The topological polar surface area (TPSA) is 103 Å². The van der Waals surface area contributed by atoms with E-state index in [2.05, 4.69) is 20.9 Å². The van der Waals surface area contributed by atoms with E-state index in [0.717, 1.165) is 38.2 Å². The molecule has 1 heterocycles. The van der Waals surface area contributed by atoms with Crippen LogP contribution in [0.3, 0.4) is 0 Å². The van der Waals surface area contributed by atoms with Gasteiger partial charge >= 0.3 is 0 Å². The first-order chi connectivity index (χ1) is 20.8. The molecule has 1 unspecified atom stereocenters. The molecule has 4 aromatic carbocycles. The Morgan fingerprint density at radius 2 is 1.58 bits per heavy atom. The van der Waals surface area contributed by atoms with E-state index in [4.69, 9.17) is 0 Å². The van der Waals surface area contributed by atoms with Crippen LogP contribution < -0.4 is 16.0 Å². The first-order valence-corrected chi connectivity index (χ1v) is 14.8. The molecule has 3 amide bonds. The SMILES string of the molecule is Cc1cccc(NC(=O)C(C)Sc2cccc(NC(=O)/C(=C/c3c[nH]c4ccccc34)NC(=O)c3ccccc3)c2)c1C. The van der Waals surface area contributed by atoms with Crippen LogP contribution >= 0.6 is 11.8 Å². The van der Waals surface area contributed by atoms with Crippen LogP contribution in [0, 0.1) is 13.8 Å². The van der Waals surface area contributed by atoms with Gasteiger partial charge in [0, 0.05) is 44.5 Å². The second-order valence-electron chi connectivity index (χ2n) is 10.1. The van der Waals surface area contributed by atoms with Gasteiger partial charge in [0.1, 0.15) is 5.70 Å². The third kappa shape index (κ3) is 7.23. The van der Waals surface area contributed by atoms with Crippen LogP contribution in [0.1, 0.15) is 34.0 Å². The molecule has 0 aliphatic carbocycles. The summed E-state index contributed by atoms with van der Waals surface area (Å²) in [5.74, 6) is -0.979. The van der Waals surface area contributed by atoms with Crippen LogP contribution in [0.4, 0.5) is 11.4 Å². The minimum Gasteiger partial charge on any atom is -0.361 e. The quantitative estimate of drug-likeness (QED) is 0.107. The van der Waals surface area contributed by atoms with Crippen molar-refractivity contribution in [2.75, 3.05) is 10.6 Å². The highest BCUT2D eigenvalue weighted by atomic mass is 32.2. The summed E-state index contributed by atoms with van der Waals surface area (Å²) in [5.41, 5.74) is 5.70. The van der Waals surface area contributed by atoms with Crippen LogP contribution in [0.15, 0.2) is 114 Å². The lowest BCUT2D eigenvalue weighted by Gasteiger charge is -2.15. The highest BCUT2D eigenvalue weighted by molar-refractivity contribution is 8.00. The lowest BCUT2D eigenvalue weighted by atomic mass is 10.1. The van der Waals surface area contributed by atoms with Gasteiger partial charge in [0.15, 0.2) is 0 Å². The van der Waals surface area contributed by atoms with Crippen molar-refractivity contribution in [3.05, 3.63) is 131 Å². The minimum absolute atomic E-state index is 0.0953. The van der Waals surface area contributed by atoms with Gasteiger partial charge in [0.05, 0.1) is 5.25 Å². The second-order valence-corrected chi connectivity index (χ2v) is 11.6. The van der Waals surface area contributed by atoms with Gasteiger partial charge in [-0.25, -0.2) is 0 Å². The number of para-hydroxylation sites is 1. The number of nitrogens with one attached hydrogen (secondary N) is 4. The molecule has 43 heavy (non-hydrogen) atoms. The Labute approximate surface area is 254 Å². The fourth-order valence-electron chi connectivity index (χ4n) is 4.54. The monoisotopic (exact) mass is 588 g/mol. The molecule has 8 heteroatoms.